The highest BCUT2D eigenvalue weighted by Gasteiger charge is 2.31. The minimum absolute atomic E-state index is 0.194. The summed E-state index contributed by atoms with van der Waals surface area (Å²) in [6, 6.07) is 4.35. The average Bonchev–Trinajstić information content (AvgIpc) is 2.58. The van der Waals surface area contributed by atoms with E-state index in [0.29, 0.717) is 0 Å². The fourth-order valence-electron chi connectivity index (χ4n) is 3.07. The second-order valence-electron chi connectivity index (χ2n) is 5.66. The highest BCUT2D eigenvalue weighted by atomic mass is 16.5. The van der Waals surface area contributed by atoms with Crippen molar-refractivity contribution in [3.05, 3.63) is 28.8 Å². The van der Waals surface area contributed by atoms with Crippen molar-refractivity contribution in [1.82, 2.24) is 0 Å². The maximum absolute atomic E-state index is 6.70. The average molecular weight is 247 g/mol. The van der Waals surface area contributed by atoms with Crippen LogP contribution in [0.25, 0.3) is 0 Å². The Hall–Kier alpha value is -1.02. The summed E-state index contributed by atoms with van der Waals surface area (Å²) in [7, 11) is 1.76. The molecule has 2 heteroatoms. The van der Waals surface area contributed by atoms with Crippen LogP contribution in [0.1, 0.15) is 55.2 Å². The van der Waals surface area contributed by atoms with E-state index in [4.69, 9.17) is 10.5 Å². The molecular formula is C16H25NO. The molecular weight excluding hydrogens is 222 g/mol. The molecule has 1 saturated carbocycles. The van der Waals surface area contributed by atoms with Crippen molar-refractivity contribution >= 4 is 0 Å². The predicted octanol–water partition coefficient (Wildman–Crippen LogP) is 3.82. The molecule has 0 aliphatic heterocycles. The molecule has 0 amide bonds. The van der Waals surface area contributed by atoms with Gasteiger partial charge in [0.25, 0.3) is 0 Å². The second-order valence-corrected chi connectivity index (χ2v) is 5.66. The molecule has 2 nitrogen and oxygen atoms in total. The van der Waals surface area contributed by atoms with Gasteiger partial charge in [0, 0.05) is 11.1 Å². The van der Waals surface area contributed by atoms with E-state index in [9.17, 15) is 0 Å². The molecule has 100 valence electrons. The van der Waals surface area contributed by atoms with Gasteiger partial charge in [-0.05, 0) is 37.8 Å². The Bertz CT molecular complexity index is 417. The van der Waals surface area contributed by atoms with Crippen LogP contribution >= 0.6 is 0 Å². The molecule has 1 aromatic carbocycles. The Balaban J connectivity index is 2.45. The van der Waals surface area contributed by atoms with Crippen LogP contribution in [0, 0.1) is 13.8 Å². The van der Waals surface area contributed by atoms with Crippen molar-refractivity contribution in [3.8, 4) is 5.75 Å². The number of benzene rings is 1. The van der Waals surface area contributed by atoms with Crippen molar-refractivity contribution in [2.24, 2.45) is 5.73 Å². The summed E-state index contributed by atoms with van der Waals surface area (Å²) in [6.45, 7) is 4.25. The molecule has 0 atom stereocenters. The minimum atomic E-state index is -0.194. The first-order valence-electron chi connectivity index (χ1n) is 7.02. The second kappa shape index (κ2) is 5.31. The summed E-state index contributed by atoms with van der Waals surface area (Å²) < 4.78 is 5.64. The van der Waals surface area contributed by atoms with Crippen molar-refractivity contribution in [2.75, 3.05) is 7.11 Å². The molecule has 2 N–H and O–H groups in total. The van der Waals surface area contributed by atoms with Gasteiger partial charge < -0.3 is 10.5 Å². The van der Waals surface area contributed by atoms with Gasteiger partial charge in [-0.3, -0.25) is 0 Å². The van der Waals surface area contributed by atoms with Gasteiger partial charge in [-0.15, -0.1) is 0 Å². The fourth-order valence-corrected chi connectivity index (χ4v) is 3.07. The van der Waals surface area contributed by atoms with E-state index in [1.54, 1.807) is 7.11 Å². The highest BCUT2D eigenvalue weighted by Crippen LogP contribution is 2.40. The van der Waals surface area contributed by atoms with E-state index >= 15 is 0 Å². The van der Waals surface area contributed by atoms with E-state index in [2.05, 4.69) is 26.0 Å². The molecule has 18 heavy (non-hydrogen) atoms. The maximum atomic E-state index is 6.70. The molecule has 1 aromatic rings. The Labute approximate surface area is 111 Å². The quantitative estimate of drug-likeness (QED) is 0.806. The van der Waals surface area contributed by atoms with E-state index in [1.165, 1.54) is 42.4 Å². The van der Waals surface area contributed by atoms with Crippen LogP contribution in [0.3, 0.4) is 0 Å². The number of aryl methyl sites for hydroxylation is 1. The third-order valence-corrected chi connectivity index (χ3v) is 4.41. The van der Waals surface area contributed by atoms with Crippen molar-refractivity contribution in [1.29, 1.82) is 0 Å². The summed E-state index contributed by atoms with van der Waals surface area (Å²) >= 11 is 0. The Kier molecular flexibility index (Phi) is 3.96. The van der Waals surface area contributed by atoms with Crippen LogP contribution in [0.2, 0.25) is 0 Å². The first kappa shape index (κ1) is 13.4. The van der Waals surface area contributed by atoms with Crippen LogP contribution < -0.4 is 10.5 Å². The van der Waals surface area contributed by atoms with Crippen LogP contribution in [0.15, 0.2) is 12.1 Å². The Morgan fingerprint density at radius 3 is 2.22 bits per heavy atom. The number of hydrogen-bond donors (Lipinski definition) is 1. The normalized spacial score (nSPS) is 19.3. The summed E-state index contributed by atoms with van der Waals surface area (Å²) in [6.07, 6.45) is 7.23. The summed E-state index contributed by atoms with van der Waals surface area (Å²) in [5, 5.41) is 0. The number of hydrogen-bond acceptors (Lipinski definition) is 2. The van der Waals surface area contributed by atoms with Gasteiger partial charge in [0.05, 0.1) is 7.11 Å². The molecule has 0 heterocycles. The van der Waals surface area contributed by atoms with Gasteiger partial charge in [-0.25, -0.2) is 0 Å². The molecule has 0 unspecified atom stereocenters. The topological polar surface area (TPSA) is 35.2 Å². The van der Waals surface area contributed by atoms with Gasteiger partial charge >= 0.3 is 0 Å². The maximum Gasteiger partial charge on any atom is 0.127 e. The van der Waals surface area contributed by atoms with Crippen LogP contribution in [-0.2, 0) is 5.54 Å². The lowest BCUT2D eigenvalue weighted by molar-refractivity contribution is 0.347. The zero-order valence-electron chi connectivity index (χ0n) is 11.9. The van der Waals surface area contributed by atoms with Gasteiger partial charge in [0.1, 0.15) is 5.75 Å². The van der Waals surface area contributed by atoms with Gasteiger partial charge in [-0.2, -0.15) is 0 Å². The molecule has 2 rings (SSSR count). The van der Waals surface area contributed by atoms with Crippen molar-refractivity contribution < 1.29 is 4.74 Å². The molecule has 0 saturated heterocycles. The summed E-state index contributed by atoms with van der Waals surface area (Å²) in [5.74, 6) is 0.999. The van der Waals surface area contributed by atoms with Gasteiger partial charge in [0.15, 0.2) is 0 Å². The van der Waals surface area contributed by atoms with Crippen LogP contribution in [0.4, 0.5) is 0 Å². The third kappa shape index (κ3) is 2.39. The Morgan fingerprint density at radius 1 is 1.06 bits per heavy atom. The first-order chi connectivity index (χ1) is 8.58. The predicted molar refractivity (Wildman–Crippen MR) is 76.0 cm³/mol. The number of ether oxygens (including phenoxy) is 1. The molecule has 1 fully saturated rings. The summed E-state index contributed by atoms with van der Waals surface area (Å²) in [4.78, 5) is 0. The van der Waals surface area contributed by atoms with E-state index in [0.717, 1.165) is 18.6 Å². The smallest absolute Gasteiger partial charge is 0.127 e. The monoisotopic (exact) mass is 247 g/mol. The van der Waals surface area contributed by atoms with Crippen molar-refractivity contribution in [2.45, 2.75) is 57.9 Å². The van der Waals surface area contributed by atoms with E-state index in [-0.39, 0.29) is 5.54 Å². The lowest BCUT2D eigenvalue weighted by Crippen LogP contribution is -2.36. The third-order valence-electron chi connectivity index (χ3n) is 4.41. The first-order valence-corrected chi connectivity index (χ1v) is 7.02. The van der Waals surface area contributed by atoms with E-state index in [1.807, 2.05) is 0 Å². The standard InChI is InChI=1S/C16H25NO/c1-12-8-9-14(15(18-3)13(12)2)16(17)10-6-4-5-7-11-16/h8-9H,4-7,10-11,17H2,1-3H3. The van der Waals surface area contributed by atoms with Crippen molar-refractivity contribution in [3.63, 3.8) is 0 Å². The molecule has 1 aliphatic carbocycles. The number of nitrogens with two attached hydrogens (primary N) is 1. The number of rotatable bonds is 2. The lowest BCUT2D eigenvalue weighted by Gasteiger charge is -2.31. The molecule has 0 bridgehead atoms. The fraction of sp³-hybridized carbons (Fsp3) is 0.625. The summed E-state index contributed by atoms with van der Waals surface area (Å²) in [5.41, 5.74) is 10.2. The molecule has 0 aromatic heterocycles. The molecule has 0 spiro atoms. The SMILES string of the molecule is COc1c(C2(N)CCCCCC2)ccc(C)c1C. The largest absolute Gasteiger partial charge is 0.496 e. The highest BCUT2D eigenvalue weighted by molar-refractivity contribution is 5.48. The number of methoxy groups -OCH3 is 1. The van der Waals surface area contributed by atoms with Crippen LogP contribution in [0.5, 0.6) is 5.75 Å². The van der Waals surface area contributed by atoms with Gasteiger partial charge in [0.2, 0.25) is 0 Å². The zero-order chi connectivity index (χ0) is 13.2. The minimum Gasteiger partial charge on any atom is -0.496 e. The molecule has 0 radical (unpaired) electrons. The molecule has 1 aliphatic rings. The Morgan fingerprint density at radius 2 is 1.67 bits per heavy atom. The zero-order valence-corrected chi connectivity index (χ0v) is 11.9. The van der Waals surface area contributed by atoms with Crippen LogP contribution in [-0.4, -0.2) is 7.11 Å². The van der Waals surface area contributed by atoms with Gasteiger partial charge in [-0.1, -0.05) is 37.8 Å². The van der Waals surface area contributed by atoms with E-state index < -0.39 is 0 Å². The lowest BCUT2D eigenvalue weighted by atomic mass is 9.82.